The standard InChI is InChI=1S/C23H24ClN3O3/c24-18-7-8-19-20(14-18)25-16-27(22(19)29)15-23(30)10-12-26(13-11-23)21(28)9-6-17-4-2-1-3-5-17/h2,4-9,14,16,30H,1,3,10-13,15H2/b9-6+. The van der Waals surface area contributed by atoms with Gasteiger partial charge in [-0.15, -0.1) is 0 Å². The highest BCUT2D eigenvalue weighted by Crippen LogP contribution is 2.24. The maximum atomic E-state index is 12.7. The topological polar surface area (TPSA) is 75.4 Å². The molecular formula is C23H24ClN3O3. The molecule has 2 heterocycles. The minimum atomic E-state index is -1.05. The van der Waals surface area contributed by atoms with Crippen LogP contribution in [0.3, 0.4) is 0 Å². The van der Waals surface area contributed by atoms with Gasteiger partial charge < -0.3 is 10.0 Å². The molecule has 30 heavy (non-hydrogen) atoms. The van der Waals surface area contributed by atoms with Gasteiger partial charge >= 0.3 is 0 Å². The number of allylic oxidation sites excluding steroid dienone is 5. The van der Waals surface area contributed by atoms with Crippen molar-refractivity contribution in [1.29, 1.82) is 0 Å². The number of piperidine rings is 1. The first-order valence-electron chi connectivity index (χ1n) is 10.1. The lowest BCUT2D eigenvalue weighted by Gasteiger charge is -2.38. The Morgan fingerprint density at radius 2 is 2.07 bits per heavy atom. The van der Waals surface area contributed by atoms with Crippen LogP contribution < -0.4 is 5.56 Å². The number of rotatable bonds is 4. The molecule has 1 aromatic heterocycles. The number of hydrogen-bond donors (Lipinski definition) is 1. The second-order valence-corrected chi connectivity index (χ2v) is 8.34. The van der Waals surface area contributed by atoms with E-state index in [1.54, 1.807) is 29.2 Å². The van der Waals surface area contributed by atoms with Crippen molar-refractivity contribution in [1.82, 2.24) is 14.5 Å². The molecule has 1 N–H and O–H groups in total. The Morgan fingerprint density at radius 1 is 1.27 bits per heavy atom. The fourth-order valence-corrected chi connectivity index (χ4v) is 4.06. The van der Waals surface area contributed by atoms with Crippen LogP contribution in [-0.4, -0.2) is 44.2 Å². The Hall–Kier alpha value is -2.70. The number of aromatic nitrogens is 2. The van der Waals surface area contributed by atoms with Crippen LogP contribution in [0, 0.1) is 0 Å². The number of amides is 1. The van der Waals surface area contributed by atoms with Crippen LogP contribution in [0.5, 0.6) is 0 Å². The summed E-state index contributed by atoms with van der Waals surface area (Å²) in [5, 5.41) is 12.0. The van der Waals surface area contributed by atoms with E-state index < -0.39 is 5.60 Å². The van der Waals surface area contributed by atoms with Crippen molar-refractivity contribution in [3.05, 3.63) is 75.9 Å². The zero-order valence-corrected chi connectivity index (χ0v) is 17.4. The molecular weight excluding hydrogens is 402 g/mol. The van der Waals surface area contributed by atoms with E-state index >= 15 is 0 Å². The lowest BCUT2D eigenvalue weighted by Crippen LogP contribution is -2.49. The highest BCUT2D eigenvalue weighted by molar-refractivity contribution is 6.31. The summed E-state index contributed by atoms with van der Waals surface area (Å²) >= 11 is 5.96. The van der Waals surface area contributed by atoms with Crippen LogP contribution in [0.15, 0.2) is 65.3 Å². The molecule has 1 aliphatic carbocycles. The summed E-state index contributed by atoms with van der Waals surface area (Å²) in [7, 11) is 0. The van der Waals surface area contributed by atoms with Gasteiger partial charge in [-0.3, -0.25) is 14.2 Å². The van der Waals surface area contributed by atoms with Crippen LogP contribution in [-0.2, 0) is 11.3 Å². The SMILES string of the molecule is O=C(/C=C/C1=CCCC=C1)N1CCC(O)(Cn2cnc3cc(Cl)ccc3c2=O)CC1. The molecule has 2 aliphatic rings. The molecule has 1 saturated heterocycles. The fourth-order valence-electron chi connectivity index (χ4n) is 3.89. The third-order valence-corrected chi connectivity index (χ3v) is 5.93. The molecule has 0 radical (unpaired) electrons. The Kier molecular flexibility index (Phi) is 5.88. The van der Waals surface area contributed by atoms with E-state index in [0.717, 1.165) is 18.4 Å². The lowest BCUT2D eigenvalue weighted by molar-refractivity contribution is -0.130. The summed E-state index contributed by atoms with van der Waals surface area (Å²) in [6.07, 6.45) is 14.0. The number of carbonyl (C=O) groups excluding carboxylic acids is 1. The van der Waals surface area contributed by atoms with Crippen molar-refractivity contribution in [3.63, 3.8) is 0 Å². The number of aliphatic hydroxyl groups is 1. The third-order valence-electron chi connectivity index (χ3n) is 5.70. The minimum Gasteiger partial charge on any atom is -0.388 e. The summed E-state index contributed by atoms with van der Waals surface area (Å²) in [6.45, 7) is 1.03. The summed E-state index contributed by atoms with van der Waals surface area (Å²) < 4.78 is 1.44. The number of hydrogen-bond acceptors (Lipinski definition) is 4. The fraction of sp³-hybridized carbons (Fsp3) is 0.348. The van der Waals surface area contributed by atoms with E-state index in [2.05, 4.69) is 17.1 Å². The Morgan fingerprint density at radius 3 is 2.80 bits per heavy atom. The number of benzene rings is 1. The Labute approximate surface area is 179 Å². The maximum absolute atomic E-state index is 12.7. The van der Waals surface area contributed by atoms with E-state index in [-0.39, 0.29) is 18.0 Å². The number of likely N-dealkylation sites (tertiary alicyclic amines) is 1. The van der Waals surface area contributed by atoms with E-state index in [0.29, 0.717) is 41.9 Å². The average Bonchev–Trinajstić information content (AvgIpc) is 2.75. The molecule has 6 nitrogen and oxygen atoms in total. The Balaban J connectivity index is 1.40. The molecule has 156 valence electrons. The summed E-state index contributed by atoms with van der Waals surface area (Å²) in [4.78, 5) is 31.2. The highest BCUT2D eigenvalue weighted by Gasteiger charge is 2.34. The summed E-state index contributed by atoms with van der Waals surface area (Å²) in [5.41, 5.74) is 0.319. The van der Waals surface area contributed by atoms with Crippen LogP contribution in [0.2, 0.25) is 5.02 Å². The van der Waals surface area contributed by atoms with E-state index in [1.165, 1.54) is 10.9 Å². The first-order chi connectivity index (χ1) is 14.4. The molecule has 0 atom stereocenters. The van der Waals surface area contributed by atoms with Crippen LogP contribution in [0.1, 0.15) is 25.7 Å². The van der Waals surface area contributed by atoms with Crippen molar-refractivity contribution in [2.75, 3.05) is 13.1 Å². The molecule has 0 saturated carbocycles. The molecule has 0 unspecified atom stereocenters. The van der Waals surface area contributed by atoms with Gasteiger partial charge in [-0.1, -0.05) is 29.8 Å². The van der Waals surface area contributed by atoms with Crippen molar-refractivity contribution in [2.45, 2.75) is 37.8 Å². The van der Waals surface area contributed by atoms with Crippen molar-refractivity contribution < 1.29 is 9.90 Å². The summed E-state index contributed by atoms with van der Waals surface area (Å²) in [6, 6.07) is 4.95. The van der Waals surface area contributed by atoms with E-state index in [1.807, 2.05) is 12.2 Å². The van der Waals surface area contributed by atoms with Crippen molar-refractivity contribution in [2.24, 2.45) is 0 Å². The van der Waals surface area contributed by atoms with Gasteiger partial charge in [0.2, 0.25) is 5.91 Å². The van der Waals surface area contributed by atoms with Gasteiger partial charge in [-0.2, -0.15) is 0 Å². The van der Waals surface area contributed by atoms with Gasteiger partial charge in [0.05, 0.1) is 29.4 Å². The van der Waals surface area contributed by atoms with Crippen LogP contribution in [0.4, 0.5) is 0 Å². The molecule has 0 spiro atoms. The molecule has 4 rings (SSSR count). The first-order valence-corrected chi connectivity index (χ1v) is 10.5. The lowest BCUT2D eigenvalue weighted by atomic mass is 9.91. The normalized spacial score (nSPS) is 18.7. The number of nitrogens with zero attached hydrogens (tertiary/aromatic N) is 3. The van der Waals surface area contributed by atoms with Crippen LogP contribution in [0.25, 0.3) is 10.9 Å². The zero-order valence-electron chi connectivity index (χ0n) is 16.6. The van der Waals surface area contributed by atoms with Gasteiger partial charge in [0.15, 0.2) is 0 Å². The predicted octanol–water partition coefficient (Wildman–Crippen LogP) is 3.24. The highest BCUT2D eigenvalue weighted by atomic mass is 35.5. The van der Waals surface area contributed by atoms with Gasteiger partial charge in [0.1, 0.15) is 0 Å². The second kappa shape index (κ2) is 8.58. The number of halogens is 1. The van der Waals surface area contributed by atoms with Crippen molar-refractivity contribution >= 4 is 28.4 Å². The smallest absolute Gasteiger partial charge is 0.261 e. The minimum absolute atomic E-state index is 0.0571. The third kappa shape index (κ3) is 4.55. The summed E-state index contributed by atoms with van der Waals surface area (Å²) in [5.74, 6) is -0.0571. The average molecular weight is 426 g/mol. The van der Waals surface area contributed by atoms with Crippen LogP contribution >= 0.6 is 11.6 Å². The molecule has 0 bridgehead atoms. The van der Waals surface area contributed by atoms with Gasteiger partial charge in [-0.05, 0) is 55.5 Å². The quantitative estimate of drug-likeness (QED) is 0.763. The monoisotopic (exact) mass is 425 g/mol. The predicted molar refractivity (Wildman–Crippen MR) is 117 cm³/mol. The molecule has 1 aliphatic heterocycles. The molecule has 1 amide bonds. The largest absolute Gasteiger partial charge is 0.388 e. The van der Waals surface area contributed by atoms with Gasteiger partial charge in [0, 0.05) is 24.2 Å². The van der Waals surface area contributed by atoms with Gasteiger partial charge in [-0.25, -0.2) is 4.98 Å². The zero-order chi connectivity index (χ0) is 21.1. The number of carbonyl (C=O) groups is 1. The number of fused-ring (bicyclic) bond motifs is 1. The molecule has 7 heteroatoms. The van der Waals surface area contributed by atoms with E-state index in [9.17, 15) is 14.7 Å². The Bertz CT molecular complexity index is 1110. The molecule has 1 aromatic carbocycles. The maximum Gasteiger partial charge on any atom is 0.261 e. The molecule has 1 fully saturated rings. The van der Waals surface area contributed by atoms with Gasteiger partial charge in [0.25, 0.3) is 5.56 Å². The van der Waals surface area contributed by atoms with E-state index in [4.69, 9.17) is 11.6 Å². The first kappa shape index (κ1) is 20.6. The molecule has 2 aromatic rings. The second-order valence-electron chi connectivity index (χ2n) is 7.91. The van der Waals surface area contributed by atoms with Crippen molar-refractivity contribution in [3.8, 4) is 0 Å².